The minimum atomic E-state index is -0.480. The first-order valence-corrected chi connectivity index (χ1v) is 8.74. The smallest absolute Gasteiger partial charge is 0.339 e. The van der Waals surface area contributed by atoms with Gasteiger partial charge in [-0.2, -0.15) is 0 Å². The van der Waals surface area contributed by atoms with Gasteiger partial charge in [-0.25, -0.2) is 4.79 Å². The molecule has 0 unspecified atom stereocenters. The summed E-state index contributed by atoms with van der Waals surface area (Å²) < 4.78 is 5.13. The van der Waals surface area contributed by atoms with Crippen LogP contribution in [0.3, 0.4) is 0 Å². The number of hydrogen-bond acceptors (Lipinski definition) is 5. The molecule has 1 aromatic carbocycles. The minimum absolute atomic E-state index is 0.112. The van der Waals surface area contributed by atoms with E-state index in [1.807, 2.05) is 20.8 Å². The van der Waals surface area contributed by atoms with Crippen LogP contribution in [-0.4, -0.2) is 24.3 Å². The first-order valence-electron chi connectivity index (χ1n) is 7.92. The van der Waals surface area contributed by atoms with Crippen molar-refractivity contribution in [1.29, 1.82) is 0 Å². The van der Waals surface area contributed by atoms with E-state index in [4.69, 9.17) is 4.74 Å². The number of carbonyl (C=O) groups is 3. The molecular formula is C19H21NO4S. The fourth-order valence-electron chi connectivity index (χ4n) is 2.47. The van der Waals surface area contributed by atoms with E-state index in [9.17, 15) is 14.4 Å². The second-order valence-corrected chi connectivity index (χ2v) is 7.33. The molecule has 1 atom stereocenters. The molecule has 1 aromatic heterocycles. The van der Waals surface area contributed by atoms with Crippen LogP contribution in [-0.2, 0) is 9.53 Å². The van der Waals surface area contributed by atoms with Gasteiger partial charge in [-0.05, 0) is 32.4 Å². The van der Waals surface area contributed by atoms with Crippen LogP contribution >= 0.6 is 11.3 Å². The van der Waals surface area contributed by atoms with E-state index >= 15 is 0 Å². The molecule has 0 aliphatic heterocycles. The number of esters is 1. The Kier molecular flexibility index (Phi) is 6.09. The molecular weight excluding hydrogens is 338 g/mol. The van der Waals surface area contributed by atoms with Gasteiger partial charge in [0.25, 0.3) is 0 Å². The van der Waals surface area contributed by atoms with E-state index < -0.39 is 5.97 Å². The molecule has 0 spiro atoms. The Labute approximate surface area is 151 Å². The average Bonchev–Trinajstić information content (AvgIpc) is 2.90. The Balaban J connectivity index is 1.95. The summed E-state index contributed by atoms with van der Waals surface area (Å²) in [6, 6.07) is 8.53. The molecule has 1 N–H and O–H groups in total. The molecule has 25 heavy (non-hydrogen) atoms. The first kappa shape index (κ1) is 18.9. The number of benzene rings is 1. The SMILES string of the molecule is CC(=O)N[C@@H](C)c1ccc(C(=O)COC(=O)c2cc(C)sc2C)cc1. The van der Waals surface area contributed by atoms with Crippen LogP contribution in [0.25, 0.3) is 0 Å². The normalized spacial score (nSPS) is 11.7. The van der Waals surface area contributed by atoms with Crippen LogP contribution in [0.4, 0.5) is 0 Å². The Morgan fingerprint density at radius 3 is 2.32 bits per heavy atom. The number of ketones is 1. The van der Waals surface area contributed by atoms with E-state index in [1.54, 1.807) is 30.3 Å². The van der Waals surface area contributed by atoms with Crippen LogP contribution in [0.5, 0.6) is 0 Å². The highest BCUT2D eigenvalue weighted by molar-refractivity contribution is 7.12. The summed E-state index contributed by atoms with van der Waals surface area (Å²) in [6.45, 7) is 6.80. The molecule has 0 aliphatic rings. The molecule has 0 fully saturated rings. The van der Waals surface area contributed by atoms with Crippen LogP contribution in [0, 0.1) is 13.8 Å². The Bertz CT molecular complexity index is 792. The second kappa shape index (κ2) is 8.07. The van der Waals surface area contributed by atoms with Gasteiger partial charge in [-0.1, -0.05) is 24.3 Å². The summed E-state index contributed by atoms with van der Waals surface area (Å²) in [5.74, 6) is -0.860. The van der Waals surface area contributed by atoms with Gasteiger partial charge in [0.2, 0.25) is 5.91 Å². The summed E-state index contributed by atoms with van der Waals surface area (Å²) in [6.07, 6.45) is 0. The minimum Gasteiger partial charge on any atom is -0.454 e. The number of thiophene rings is 1. The second-order valence-electron chi connectivity index (χ2n) is 5.87. The molecule has 0 saturated carbocycles. The van der Waals surface area contributed by atoms with Crippen molar-refractivity contribution in [3.05, 3.63) is 56.8 Å². The van der Waals surface area contributed by atoms with Crippen LogP contribution in [0.15, 0.2) is 30.3 Å². The summed E-state index contributed by atoms with van der Waals surface area (Å²) in [4.78, 5) is 37.2. The van der Waals surface area contributed by atoms with E-state index in [1.165, 1.54) is 18.3 Å². The van der Waals surface area contributed by atoms with Crippen molar-refractivity contribution in [2.45, 2.75) is 33.7 Å². The Morgan fingerprint density at radius 1 is 1.16 bits per heavy atom. The number of Topliss-reactive ketones (excluding diaryl/α,β-unsaturated/α-hetero) is 1. The summed E-state index contributed by atoms with van der Waals surface area (Å²) in [7, 11) is 0. The first-order chi connectivity index (χ1) is 11.8. The van der Waals surface area contributed by atoms with Crippen molar-refractivity contribution in [2.24, 2.45) is 0 Å². The molecule has 6 heteroatoms. The highest BCUT2D eigenvalue weighted by atomic mass is 32.1. The van der Waals surface area contributed by atoms with Crippen LogP contribution in [0.1, 0.15) is 55.9 Å². The van der Waals surface area contributed by atoms with Crippen LogP contribution in [0.2, 0.25) is 0 Å². The number of rotatable bonds is 6. The summed E-state index contributed by atoms with van der Waals surface area (Å²) in [5.41, 5.74) is 1.87. The topological polar surface area (TPSA) is 72.5 Å². The standard InChI is InChI=1S/C19H21NO4S/c1-11-9-17(13(3)25-11)19(23)24-10-18(22)16-7-5-15(6-8-16)12(2)20-14(4)21/h5-9,12H,10H2,1-4H3,(H,20,21)/t12-/m0/s1. The lowest BCUT2D eigenvalue weighted by molar-refractivity contribution is -0.119. The maximum Gasteiger partial charge on any atom is 0.339 e. The molecule has 0 radical (unpaired) electrons. The maximum atomic E-state index is 12.2. The van der Waals surface area contributed by atoms with Crippen molar-refractivity contribution >= 4 is 29.0 Å². The Hall–Kier alpha value is -2.47. The van der Waals surface area contributed by atoms with Gasteiger partial charge >= 0.3 is 5.97 Å². The highest BCUT2D eigenvalue weighted by Crippen LogP contribution is 2.21. The lowest BCUT2D eigenvalue weighted by atomic mass is 10.0. The van der Waals surface area contributed by atoms with Crippen LogP contribution < -0.4 is 5.32 Å². The number of carbonyl (C=O) groups excluding carboxylic acids is 3. The molecule has 2 aromatic rings. The number of amides is 1. The molecule has 1 amide bonds. The third-order valence-electron chi connectivity index (χ3n) is 3.75. The van der Waals surface area contributed by atoms with Gasteiger partial charge in [-0.15, -0.1) is 11.3 Å². The van der Waals surface area contributed by atoms with Crippen molar-refractivity contribution in [2.75, 3.05) is 6.61 Å². The fraction of sp³-hybridized carbons (Fsp3) is 0.316. The van der Waals surface area contributed by atoms with Crippen molar-refractivity contribution < 1.29 is 19.1 Å². The molecule has 0 bridgehead atoms. The van der Waals surface area contributed by atoms with Gasteiger partial charge in [-0.3, -0.25) is 9.59 Å². The monoisotopic (exact) mass is 359 g/mol. The quantitative estimate of drug-likeness (QED) is 0.632. The lowest BCUT2D eigenvalue weighted by Gasteiger charge is -2.13. The highest BCUT2D eigenvalue weighted by Gasteiger charge is 2.16. The number of nitrogens with one attached hydrogen (secondary N) is 1. The third-order valence-corrected chi connectivity index (χ3v) is 4.71. The average molecular weight is 359 g/mol. The van der Waals surface area contributed by atoms with Gasteiger partial charge in [0.1, 0.15) is 0 Å². The molecule has 1 heterocycles. The van der Waals surface area contributed by atoms with E-state index in [-0.39, 0.29) is 24.3 Å². The third kappa shape index (κ3) is 5.00. The predicted octanol–water partition coefficient (Wildman–Crippen LogP) is 3.60. The van der Waals surface area contributed by atoms with Crippen molar-refractivity contribution in [3.63, 3.8) is 0 Å². The zero-order valence-electron chi connectivity index (χ0n) is 14.7. The van der Waals surface area contributed by atoms with Crippen molar-refractivity contribution in [1.82, 2.24) is 5.32 Å². The fourth-order valence-corrected chi connectivity index (χ4v) is 3.38. The predicted molar refractivity (Wildman–Crippen MR) is 97.1 cm³/mol. The molecule has 0 aliphatic carbocycles. The van der Waals surface area contributed by atoms with E-state index in [0.29, 0.717) is 11.1 Å². The van der Waals surface area contributed by atoms with E-state index in [0.717, 1.165) is 15.3 Å². The molecule has 2 rings (SSSR count). The summed E-state index contributed by atoms with van der Waals surface area (Å²) >= 11 is 1.52. The summed E-state index contributed by atoms with van der Waals surface area (Å²) in [5, 5.41) is 2.78. The van der Waals surface area contributed by atoms with Gasteiger partial charge in [0.15, 0.2) is 12.4 Å². The van der Waals surface area contributed by atoms with Gasteiger partial charge in [0, 0.05) is 22.2 Å². The maximum absolute atomic E-state index is 12.2. The zero-order chi connectivity index (χ0) is 18.6. The lowest BCUT2D eigenvalue weighted by Crippen LogP contribution is -2.23. The number of hydrogen-bond donors (Lipinski definition) is 1. The zero-order valence-corrected chi connectivity index (χ0v) is 15.5. The van der Waals surface area contributed by atoms with Gasteiger partial charge in [0.05, 0.1) is 11.6 Å². The number of aryl methyl sites for hydroxylation is 2. The molecule has 5 nitrogen and oxygen atoms in total. The number of ether oxygens (including phenoxy) is 1. The Morgan fingerprint density at radius 2 is 1.80 bits per heavy atom. The van der Waals surface area contributed by atoms with Crippen molar-refractivity contribution in [3.8, 4) is 0 Å². The largest absolute Gasteiger partial charge is 0.454 e. The van der Waals surface area contributed by atoms with Gasteiger partial charge < -0.3 is 10.1 Å². The molecule has 132 valence electrons. The van der Waals surface area contributed by atoms with E-state index in [2.05, 4.69) is 5.32 Å². The molecule has 0 saturated heterocycles.